The standard InChI is InChI=1S/C8H10BrN3O/c1-3-7(13)12-8-6(9)4-10-5(2)11-8/h4H,3H2,1-2H3,(H,10,11,12,13). The third kappa shape index (κ3) is 2.77. The van der Waals surface area contributed by atoms with Gasteiger partial charge in [0.25, 0.3) is 0 Å². The fourth-order valence-corrected chi connectivity index (χ4v) is 1.05. The van der Waals surface area contributed by atoms with Crippen LogP contribution in [0.25, 0.3) is 0 Å². The molecule has 0 radical (unpaired) electrons. The van der Waals surface area contributed by atoms with Crippen molar-refractivity contribution in [1.29, 1.82) is 0 Å². The lowest BCUT2D eigenvalue weighted by Crippen LogP contribution is -2.12. The van der Waals surface area contributed by atoms with Crippen molar-refractivity contribution >= 4 is 27.7 Å². The number of rotatable bonds is 2. The van der Waals surface area contributed by atoms with Gasteiger partial charge in [0.15, 0.2) is 5.82 Å². The Balaban J connectivity index is 2.87. The summed E-state index contributed by atoms with van der Waals surface area (Å²) in [6, 6.07) is 0. The van der Waals surface area contributed by atoms with E-state index >= 15 is 0 Å². The lowest BCUT2D eigenvalue weighted by molar-refractivity contribution is -0.115. The Morgan fingerprint density at radius 2 is 2.38 bits per heavy atom. The number of amides is 1. The molecule has 1 heterocycles. The van der Waals surface area contributed by atoms with E-state index in [2.05, 4.69) is 31.2 Å². The minimum Gasteiger partial charge on any atom is -0.310 e. The van der Waals surface area contributed by atoms with E-state index in [1.54, 1.807) is 20.0 Å². The molecule has 70 valence electrons. The second-order valence-corrected chi connectivity index (χ2v) is 3.37. The molecule has 1 N–H and O–H groups in total. The number of carbonyl (C=O) groups is 1. The van der Waals surface area contributed by atoms with Gasteiger partial charge >= 0.3 is 0 Å². The summed E-state index contributed by atoms with van der Waals surface area (Å²) in [5.74, 6) is 1.10. The normalized spacial score (nSPS) is 9.77. The van der Waals surface area contributed by atoms with Gasteiger partial charge in [-0.25, -0.2) is 9.97 Å². The fourth-order valence-electron chi connectivity index (χ4n) is 0.763. The molecule has 0 aliphatic heterocycles. The Hall–Kier alpha value is -0.970. The highest BCUT2D eigenvalue weighted by Crippen LogP contribution is 2.18. The average molecular weight is 244 g/mol. The van der Waals surface area contributed by atoms with Crippen LogP contribution in [0.4, 0.5) is 5.82 Å². The molecule has 1 aromatic heterocycles. The zero-order chi connectivity index (χ0) is 9.84. The molecule has 0 aliphatic rings. The number of nitrogens with one attached hydrogen (secondary N) is 1. The first-order valence-corrected chi connectivity index (χ1v) is 4.71. The number of aromatic nitrogens is 2. The fraction of sp³-hybridized carbons (Fsp3) is 0.375. The van der Waals surface area contributed by atoms with Crippen LogP contribution >= 0.6 is 15.9 Å². The van der Waals surface area contributed by atoms with E-state index in [0.717, 1.165) is 0 Å². The highest BCUT2D eigenvalue weighted by molar-refractivity contribution is 9.10. The SMILES string of the molecule is CCC(=O)Nc1nc(C)ncc1Br. The zero-order valence-electron chi connectivity index (χ0n) is 7.47. The first-order chi connectivity index (χ1) is 6.13. The summed E-state index contributed by atoms with van der Waals surface area (Å²) in [5, 5.41) is 2.66. The van der Waals surface area contributed by atoms with Gasteiger partial charge in [-0.1, -0.05) is 6.92 Å². The highest BCUT2D eigenvalue weighted by Gasteiger charge is 2.05. The van der Waals surface area contributed by atoms with Gasteiger partial charge in [0, 0.05) is 12.6 Å². The summed E-state index contributed by atoms with van der Waals surface area (Å²) >= 11 is 3.25. The molecule has 0 saturated carbocycles. The molecular weight excluding hydrogens is 234 g/mol. The monoisotopic (exact) mass is 243 g/mol. The van der Waals surface area contributed by atoms with Gasteiger partial charge in [-0.3, -0.25) is 4.79 Å². The first-order valence-electron chi connectivity index (χ1n) is 3.92. The molecule has 0 atom stereocenters. The third-order valence-corrected chi connectivity index (χ3v) is 2.02. The van der Waals surface area contributed by atoms with Crippen molar-refractivity contribution in [2.45, 2.75) is 20.3 Å². The largest absolute Gasteiger partial charge is 0.310 e. The number of carbonyl (C=O) groups excluding carboxylic acids is 1. The maximum atomic E-state index is 11.1. The van der Waals surface area contributed by atoms with E-state index in [-0.39, 0.29) is 5.91 Å². The summed E-state index contributed by atoms with van der Waals surface area (Å²) in [5.41, 5.74) is 0. The number of hydrogen-bond donors (Lipinski definition) is 1. The Morgan fingerprint density at radius 1 is 1.69 bits per heavy atom. The quantitative estimate of drug-likeness (QED) is 0.864. The van der Waals surface area contributed by atoms with Crippen LogP contribution in [0.2, 0.25) is 0 Å². The lowest BCUT2D eigenvalue weighted by Gasteiger charge is -2.04. The molecule has 0 bridgehead atoms. The predicted octanol–water partition coefficient (Wildman–Crippen LogP) is 1.90. The lowest BCUT2D eigenvalue weighted by atomic mass is 10.4. The van der Waals surface area contributed by atoms with Crippen molar-refractivity contribution < 1.29 is 4.79 Å². The van der Waals surface area contributed by atoms with E-state index in [1.807, 2.05) is 0 Å². The molecule has 0 spiro atoms. The van der Waals surface area contributed by atoms with Gasteiger partial charge in [-0.15, -0.1) is 0 Å². The van der Waals surface area contributed by atoms with Crippen molar-refractivity contribution in [1.82, 2.24) is 9.97 Å². The Labute approximate surface area is 84.9 Å². The minimum atomic E-state index is -0.0567. The Morgan fingerprint density at radius 3 is 3.00 bits per heavy atom. The zero-order valence-corrected chi connectivity index (χ0v) is 9.05. The van der Waals surface area contributed by atoms with Crippen LogP contribution in [0.3, 0.4) is 0 Å². The molecule has 0 unspecified atom stereocenters. The van der Waals surface area contributed by atoms with Gasteiger partial charge < -0.3 is 5.32 Å². The number of anilines is 1. The van der Waals surface area contributed by atoms with Gasteiger partial charge in [0.2, 0.25) is 5.91 Å². The second-order valence-electron chi connectivity index (χ2n) is 2.52. The summed E-state index contributed by atoms with van der Waals surface area (Å²) in [6.07, 6.45) is 2.06. The molecular formula is C8H10BrN3O. The smallest absolute Gasteiger partial charge is 0.225 e. The van der Waals surface area contributed by atoms with Crippen molar-refractivity contribution in [3.05, 3.63) is 16.5 Å². The van der Waals surface area contributed by atoms with Gasteiger partial charge in [-0.2, -0.15) is 0 Å². The van der Waals surface area contributed by atoms with Crippen LogP contribution in [0.15, 0.2) is 10.7 Å². The van der Waals surface area contributed by atoms with Crippen LogP contribution in [0, 0.1) is 6.92 Å². The predicted molar refractivity (Wildman–Crippen MR) is 53.4 cm³/mol. The maximum absolute atomic E-state index is 11.1. The van der Waals surface area contributed by atoms with E-state index in [0.29, 0.717) is 22.5 Å². The Kier molecular flexibility index (Phi) is 3.36. The molecule has 1 aromatic rings. The molecule has 0 fully saturated rings. The molecule has 0 aliphatic carbocycles. The van der Waals surface area contributed by atoms with Gasteiger partial charge in [0.05, 0.1) is 4.47 Å². The molecule has 5 heteroatoms. The number of aryl methyl sites for hydroxylation is 1. The second kappa shape index (κ2) is 4.32. The minimum absolute atomic E-state index is 0.0567. The molecule has 1 rings (SSSR count). The summed E-state index contributed by atoms with van der Waals surface area (Å²) in [6.45, 7) is 3.56. The molecule has 0 saturated heterocycles. The van der Waals surface area contributed by atoms with Crippen LogP contribution in [-0.4, -0.2) is 15.9 Å². The number of hydrogen-bond acceptors (Lipinski definition) is 3. The van der Waals surface area contributed by atoms with Crippen molar-refractivity contribution in [3.8, 4) is 0 Å². The average Bonchev–Trinajstić information content (AvgIpc) is 2.11. The first kappa shape index (κ1) is 10.1. The van der Waals surface area contributed by atoms with E-state index in [4.69, 9.17) is 0 Å². The number of nitrogens with zero attached hydrogens (tertiary/aromatic N) is 2. The van der Waals surface area contributed by atoms with E-state index in [9.17, 15) is 4.79 Å². The summed E-state index contributed by atoms with van der Waals surface area (Å²) in [4.78, 5) is 19.1. The molecule has 13 heavy (non-hydrogen) atoms. The van der Waals surface area contributed by atoms with Crippen LogP contribution in [0.1, 0.15) is 19.2 Å². The third-order valence-electron chi connectivity index (χ3n) is 1.44. The number of halogens is 1. The maximum Gasteiger partial charge on any atom is 0.225 e. The van der Waals surface area contributed by atoms with Crippen molar-refractivity contribution in [2.75, 3.05) is 5.32 Å². The molecule has 4 nitrogen and oxygen atoms in total. The van der Waals surface area contributed by atoms with Crippen molar-refractivity contribution in [2.24, 2.45) is 0 Å². The Bertz CT molecular complexity index is 327. The van der Waals surface area contributed by atoms with Crippen LogP contribution in [0.5, 0.6) is 0 Å². The van der Waals surface area contributed by atoms with Crippen LogP contribution in [-0.2, 0) is 4.79 Å². The van der Waals surface area contributed by atoms with Gasteiger partial charge in [-0.05, 0) is 22.9 Å². The van der Waals surface area contributed by atoms with E-state index < -0.39 is 0 Å². The van der Waals surface area contributed by atoms with Gasteiger partial charge in [0.1, 0.15) is 5.82 Å². The summed E-state index contributed by atoms with van der Waals surface area (Å²) in [7, 11) is 0. The molecule has 1 amide bonds. The van der Waals surface area contributed by atoms with Crippen molar-refractivity contribution in [3.63, 3.8) is 0 Å². The summed E-state index contributed by atoms with van der Waals surface area (Å²) < 4.78 is 0.694. The van der Waals surface area contributed by atoms with E-state index in [1.165, 1.54) is 0 Å². The molecule has 0 aromatic carbocycles. The van der Waals surface area contributed by atoms with Crippen LogP contribution < -0.4 is 5.32 Å². The highest BCUT2D eigenvalue weighted by atomic mass is 79.9. The topological polar surface area (TPSA) is 54.9 Å².